The van der Waals surface area contributed by atoms with Crippen molar-refractivity contribution in [1.82, 2.24) is 19.7 Å². The molecule has 1 amide bonds. The van der Waals surface area contributed by atoms with Crippen LogP contribution in [0.15, 0.2) is 17.5 Å². The van der Waals surface area contributed by atoms with Gasteiger partial charge in [-0.15, -0.1) is 11.3 Å². The standard InChI is InChI=1S/C11H12N4OS2/c1-14-5-4-7(10(14)16)15-9(12-13-11(15)17)8-3-2-6-18-8/h2-3,6-7H,4-5H2,1H3,(H,13,17). The molecule has 0 aromatic carbocycles. The predicted octanol–water partition coefficient (Wildman–Crippen LogP) is 2.07. The molecule has 1 aliphatic heterocycles. The highest BCUT2D eigenvalue weighted by atomic mass is 32.1. The second-order valence-corrected chi connectivity index (χ2v) is 5.60. The largest absolute Gasteiger partial charge is 0.344 e. The minimum Gasteiger partial charge on any atom is -0.344 e. The number of hydrogen-bond acceptors (Lipinski definition) is 4. The Morgan fingerprint density at radius 1 is 1.61 bits per heavy atom. The first-order valence-electron chi connectivity index (χ1n) is 5.64. The molecule has 2 aromatic heterocycles. The van der Waals surface area contributed by atoms with Crippen LogP contribution in [0.5, 0.6) is 0 Å². The number of aromatic amines is 1. The van der Waals surface area contributed by atoms with Crippen molar-refractivity contribution in [3.8, 4) is 10.7 Å². The van der Waals surface area contributed by atoms with E-state index < -0.39 is 0 Å². The lowest BCUT2D eigenvalue weighted by Gasteiger charge is -2.13. The number of likely N-dealkylation sites (N-methyl/N-ethyl adjacent to an activating group) is 1. The van der Waals surface area contributed by atoms with E-state index in [1.165, 1.54) is 0 Å². The van der Waals surface area contributed by atoms with Gasteiger partial charge < -0.3 is 4.90 Å². The monoisotopic (exact) mass is 280 g/mol. The number of amides is 1. The molecule has 1 N–H and O–H groups in total. The molecule has 0 aliphatic carbocycles. The predicted molar refractivity (Wildman–Crippen MR) is 72.0 cm³/mol. The zero-order valence-electron chi connectivity index (χ0n) is 9.79. The van der Waals surface area contributed by atoms with Crippen LogP contribution < -0.4 is 0 Å². The Morgan fingerprint density at radius 2 is 2.44 bits per heavy atom. The van der Waals surface area contributed by atoms with Crippen molar-refractivity contribution < 1.29 is 4.79 Å². The van der Waals surface area contributed by atoms with Gasteiger partial charge in [0, 0.05) is 13.6 Å². The van der Waals surface area contributed by atoms with Crippen LogP contribution in [0.3, 0.4) is 0 Å². The van der Waals surface area contributed by atoms with E-state index >= 15 is 0 Å². The van der Waals surface area contributed by atoms with E-state index in [9.17, 15) is 4.79 Å². The Morgan fingerprint density at radius 3 is 3.06 bits per heavy atom. The van der Waals surface area contributed by atoms with Crippen molar-refractivity contribution in [3.63, 3.8) is 0 Å². The van der Waals surface area contributed by atoms with E-state index in [2.05, 4.69) is 10.2 Å². The SMILES string of the molecule is CN1CCC(n2c(-c3cccs3)n[nH]c2=S)C1=O. The molecule has 94 valence electrons. The number of carbonyl (C=O) groups excluding carboxylic acids is 1. The lowest BCUT2D eigenvalue weighted by atomic mass is 10.2. The van der Waals surface area contributed by atoms with Gasteiger partial charge in [-0.2, -0.15) is 5.10 Å². The molecule has 5 nitrogen and oxygen atoms in total. The number of nitrogens with one attached hydrogen (secondary N) is 1. The lowest BCUT2D eigenvalue weighted by Crippen LogP contribution is -2.24. The molecule has 7 heteroatoms. The van der Waals surface area contributed by atoms with Crippen molar-refractivity contribution in [2.24, 2.45) is 0 Å². The van der Waals surface area contributed by atoms with Crippen molar-refractivity contribution in [3.05, 3.63) is 22.3 Å². The van der Waals surface area contributed by atoms with Crippen LogP contribution in [0.1, 0.15) is 12.5 Å². The number of hydrogen-bond donors (Lipinski definition) is 1. The first-order valence-corrected chi connectivity index (χ1v) is 6.93. The van der Waals surface area contributed by atoms with Crippen LogP contribution in [-0.2, 0) is 4.79 Å². The molecule has 3 rings (SSSR count). The highest BCUT2D eigenvalue weighted by molar-refractivity contribution is 7.71. The van der Waals surface area contributed by atoms with E-state index in [-0.39, 0.29) is 11.9 Å². The minimum atomic E-state index is -0.224. The number of likely N-dealkylation sites (tertiary alicyclic amines) is 1. The van der Waals surface area contributed by atoms with Gasteiger partial charge in [-0.25, -0.2) is 0 Å². The zero-order chi connectivity index (χ0) is 12.7. The van der Waals surface area contributed by atoms with Crippen LogP contribution in [0.4, 0.5) is 0 Å². The number of nitrogens with zero attached hydrogens (tertiary/aromatic N) is 3. The van der Waals surface area contributed by atoms with E-state index in [0.717, 1.165) is 23.7 Å². The molecule has 1 fully saturated rings. The Labute approximate surface area is 113 Å². The molecule has 3 heterocycles. The van der Waals surface area contributed by atoms with Crippen molar-refractivity contribution in [2.45, 2.75) is 12.5 Å². The third-order valence-electron chi connectivity index (χ3n) is 3.16. The molecule has 1 unspecified atom stereocenters. The third-order valence-corrected chi connectivity index (χ3v) is 4.31. The maximum atomic E-state index is 12.1. The highest BCUT2D eigenvalue weighted by Crippen LogP contribution is 2.30. The smallest absolute Gasteiger partial charge is 0.245 e. The molecule has 0 saturated carbocycles. The first-order chi connectivity index (χ1) is 8.68. The third kappa shape index (κ3) is 1.70. The van der Waals surface area contributed by atoms with E-state index in [0.29, 0.717) is 4.77 Å². The Kier molecular flexibility index (Phi) is 2.79. The summed E-state index contributed by atoms with van der Waals surface area (Å²) < 4.78 is 2.35. The summed E-state index contributed by atoms with van der Waals surface area (Å²) in [5, 5.41) is 9.02. The summed E-state index contributed by atoms with van der Waals surface area (Å²) in [5.41, 5.74) is 0. The normalized spacial score (nSPS) is 19.7. The van der Waals surface area contributed by atoms with Crippen LogP contribution in [0, 0.1) is 4.77 Å². The average molecular weight is 280 g/mol. The van der Waals surface area contributed by atoms with Gasteiger partial charge in [-0.05, 0) is 30.1 Å². The van der Waals surface area contributed by atoms with Gasteiger partial charge in [0.1, 0.15) is 6.04 Å². The molecule has 18 heavy (non-hydrogen) atoms. The van der Waals surface area contributed by atoms with Gasteiger partial charge in [0.2, 0.25) is 5.91 Å². The van der Waals surface area contributed by atoms with Gasteiger partial charge in [0.25, 0.3) is 0 Å². The van der Waals surface area contributed by atoms with Crippen molar-refractivity contribution in [1.29, 1.82) is 0 Å². The van der Waals surface area contributed by atoms with E-state index in [4.69, 9.17) is 12.2 Å². The first kappa shape index (κ1) is 11.6. The Bertz CT molecular complexity index is 628. The molecular formula is C11H12N4OS2. The van der Waals surface area contributed by atoms with Crippen molar-refractivity contribution in [2.75, 3.05) is 13.6 Å². The number of carbonyl (C=O) groups is 1. The molecule has 1 atom stereocenters. The summed E-state index contributed by atoms with van der Waals surface area (Å²) in [6, 6.07) is 3.72. The summed E-state index contributed by atoms with van der Waals surface area (Å²) in [6.07, 6.45) is 0.779. The second-order valence-electron chi connectivity index (χ2n) is 4.26. The summed E-state index contributed by atoms with van der Waals surface area (Å²) in [5.74, 6) is 0.856. The van der Waals surface area contributed by atoms with E-state index in [1.807, 2.05) is 29.1 Å². The number of thiophene rings is 1. The summed E-state index contributed by atoms with van der Waals surface area (Å²) in [6.45, 7) is 0.764. The Balaban J connectivity index is 2.10. The molecule has 1 aliphatic rings. The van der Waals surface area contributed by atoms with Gasteiger partial charge >= 0.3 is 0 Å². The fourth-order valence-electron chi connectivity index (χ4n) is 2.22. The molecule has 0 spiro atoms. The molecule has 1 saturated heterocycles. The molecular weight excluding hydrogens is 268 g/mol. The lowest BCUT2D eigenvalue weighted by molar-refractivity contribution is -0.129. The highest BCUT2D eigenvalue weighted by Gasteiger charge is 2.33. The Hall–Kier alpha value is -1.47. The molecule has 2 aromatic rings. The molecule has 0 bridgehead atoms. The van der Waals surface area contributed by atoms with Gasteiger partial charge in [0.15, 0.2) is 10.6 Å². The van der Waals surface area contributed by atoms with E-state index in [1.54, 1.807) is 16.2 Å². The fourth-order valence-corrected chi connectivity index (χ4v) is 3.19. The zero-order valence-corrected chi connectivity index (χ0v) is 11.4. The van der Waals surface area contributed by atoms with Gasteiger partial charge in [0.05, 0.1) is 4.88 Å². The number of H-pyrrole nitrogens is 1. The summed E-state index contributed by atoms with van der Waals surface area (Å²) >= 11 is 6.84. The van der Waals surface area contributed by atoms with Crippen LogP contribution in [0.2, 0.25) is 0 Å². The summed E-state index contributed by atoms with van der Waals surface area (Å²) in [7, 11) is 1.82. The maximum Gasteiger partial charge on any atom is 0.245 e. The fraction of sp³-hybridized carbons (Fsp3) is 0.364. The van der Waals surface area contributed by atoms with Crippen LogP contribution in [-0.4, -0.2) is 39.2 Å². The van der Waals surface area contributed by atoms with Crippen LogP contribution >= 0.6 is 23.6 Å². The second kappa shape index (κ2) is 4.33. The minimum absolute atomic E-state index is 0.102. The maximum absolute atomic E-state index is 12.1. The van der Waals surface area contributed by atoms with Gasteiger partial charge in [-0.1, -0.05) is 6.07 Å². The quantitative estimate of drug-likeness (QED) is 0.857. The van der Waals surface area contributed by atoms with Crippen LogP contribution in [0.25, 0.3) is 10.7 Å². The topological polar surface area (TPSA) is 53.9 Å². The van der Waals surface area contributed by atoms with Gasteiger partial charge in [-0.3, -0.25) is 14.5 Å². The average Bonchev–Trinajstić information content (AvgIpc) is 3.03. The summed E-state index contributed by atoms with van der Waals surface area (Å²) in [4.78, 5) is 14.9. The van der Waals surface area contributed by atoms with Crippen molar-refractivity contribution >= 4 is 29.5 Å². The number of aromatic nitrogens is 3. The molecule has 0 radical (unpaired) electrons. The number of rotatable bonds is 2.